The molecule has 0 saturated carbocycles. The average molecular weight is 221 g/mol. The zero-order valence-corrected chi connectivity index (χ0v) is 10.7. The molecule has 0 saturated heterocycles. The van der Waals surface area contributed by atoms with Crippen LogP contribution in [0, 0.1) is 13.8 Å². The Kier molecular flexibility index (Phi) is 5.94. The van der Waals surface area contributed by atoms with Crippen molar-refractivity contribution in [2.24, 2.45) is 0 Å². The lowest BCUT2D eigenvalue weighted by molar-refractivity contribution is 0.312. The maximum Gasteiger partial charge on any atom is 0.122 e. The van der Waals surface area contributed by atoms with Crippen LogP contribution in [0.1, 0.15) is 30.9 Å². The second kappa shape index (κ2) is 7.29. The van der Waals surface area contributed by atoms with Gasteiger partial charge in [-0.3, -0.25) is 0 Å². The van der Waals surface area contributed by atoms with Gasteiger partial charge in [-0.2, -0.15) is 0 Å². The second-order valence-corrected chi connectivity index (χ2v) is 4.22. The molecule has 1 rings (SSSR count). The summed E-state index contributed by atoms with van der Waals surface area (Å²) in [6.07, 6.45) is 2.48. The predicted octanol–water partition coefficient (Wildman–Crippen LogP) is 3.07. The summed E-state index contributed by atoms with van der Waals surface area (Å²) >= 11 is 0. The number of rotatable bonds is 7. The fourth-order valence-corrected chi connectivity index (χ4v) is 1.62. The zero-order chi connectivity index (χ0) is 11.8. The highest BCUT2D eigenvalue weighted by molar-refractivity contribution is 5.35. The van der Waals surface area contributed by atoms with E-state index in [4.69, 9.17) is 4.74 Å². The summed E-state index contributed by atoms with van der Waals surface area (Å²) in [5, 5.41) is 3.36. The molecule has 0 bridgehead atoms. The first-order valence-electron chi connectivity index (χ1n) is 6.15. The Bertz CT molecular complexity index is 310. The van der Waals surface area contributed by atoms with Crippen LogP contribution in [-0.4, -0.2) is 19.7 Å². The molecule has 0 aliphatic heterocycles. The summed E-state index contributed by atoms with van der Waals surface area (Å²) in [5.41, 5.74) is 2.50. The molecule has 0 fully saturated rings. The summed E-state index contributed by atoms with van der Waals surface area (Å²) in [6.45, 7) is 9.15. The molecule has 2 nitrogen and oxygen atoms in total. The van der Waals surface area contributed by atoms with E-state index in [2.05, 4.69) is 44.3 Å². The van der Waals surface area contributed by atoms with E-state index >= 15 is 0 Å². The van der Waals surface area contributed by atoms with Gasteiger partial charge >= 0.3 is 0 Å². The van der Waals surface area contributed by atoms with Crippen LogP contribution in [0.3, 0.4) is 0 Å². The number of aryl methyl sites for hydroxylation is 2. The molecular formula is C14H23NO. The Morgan fingerprint density at radius 3 is 2.69 bits per heavy atom. The average Bonchev–Trinajstić information content (AvgIpc) is 2.26. The molecule has 0 aromatic heterocycles. The highest BCUT2D eigenvalue weighted by Gasteiger charge is 1.98. The number of hydrogen-bond acceptors (Lipinski definition) is 2. The Balaban J connectivity index is 2.21. The van der Waals surface area contributed by atoms with Crippen molar-refractivity contribution in [3.05, 3.63) is 29.3 Å². The van der Waals surface area contributed by atoms with Crippen molar-refractivity contribution >= 4 is 0 Å². The van der Waals surface area contributed by atoms with Crippen LogP contribution >= 0.6 is 0 Å². The highest BCUT2D eigenvalue weighted by atomic mass is 16.5. The lowest BCUT2D eigenvalue weighted by atomic mass is 10.1. The van der Waals surface area contributed by atoms with E-state index in [-0.39, 0.29) is 0 Å². The Labute approximate surface area is 99.0 Å². The smallest absolute Gasteiger partial charge is 0.122 e. The molecule has 90 valence electrons. The van der Waals surface area contributed by atoms with Crippen LogP contribution in [0.5, 0.6) is 5.75 Å². The quantitative estimate of drug-likeness (QED) is 0.714. The molecule has 0 unspecified atom stereocenters. The van der Waals surface area contributed by atoms with Crippen molar-refractivity contribution < 1.29 is 4.74 Å². The normalized spacial score (nSPS) is 10.4. The minimum Gasteiger partial charge on any atom is -0.492 e. The zero-order valence-electron chi connectivity index (χ0n) is 10.7. The summed E-state index contributed by atoms with van der Waals surface area (Å²) in [4.78, 5) is 0. The first-order valence-corrected chi connectivity index (χ1v) is 6.15. The molecule has 1 N–H and O–H groups in total. The molecule has 0 atom stereocenters. The topological polar surface area (TPSA) is 21.3 Å². The van der Waals surface area contributed by atoms with Crippen LogP contribution in [0.15, 0.2) is 18.2 Å². The van der Waals surface area contributed by atoms with Crippen molar-refractivity contribution in [1.29, 1.82) is 0 Å². The van der Waals surface area contributed by atoms with Gasteiger partial charge in [0.25, 0.3) is 0 Å². The van der Waals surface area contributed by atoms with E-state index in [1.165, 1.54) is 24.0 Å². The lowest BCUT2D eigenvalue weighted by Gasteiger charge is -2.10. The Hall–Kier alpha value is -1.02. The summed E-state index contributed by atoms with van der Waals surface area (Å²) in [7, 11) is 0. The predicted molar refractivity (Wildman–Crippen MR) is 69.2 cm³/mol. The van der Waals surface area contributed by atoms with Gasteiger partial charge in [0.2, 0.25) is 0 Å². The Morgan fingerprint density at radius 1 is 1.19 bits per heavy atom. The van der Waals surface area contributed by atoms with Gasteiger partial charge in [0.1, 0.15) is 12.4 Å². The molecule has 2 heteroatoms. The number of benzene rings is 1. The van der Waals surface area contributed by atoms with Crippen LogP contribution in [0.2, 0.25) is 0 Å². The largest absolute Gasteiger partial charge is 0.492 e. The SMILES string of the molecule is CCCCNCCOc1ccc(C)cc1C. The number of nitrogens with one attached hydrogen (secondary N) is 1. The lowest BCUT2D eigenvalue weighted by Crippen LogP contribution is -2.22. The van der Waals surface area contributed by atoms with Crippen molar-refractivity contribution in [1.82, 2.24) is 5.32 Å². The molecule has 0 heterocycles. The van der Waals surface area contributed by atoms with Gasteiger partial charge in [-0.1, -0.05) is 31.0 Å². The van der Waals surface area contributed by atoms with Gasteiger partial charge in [-0.05, 0) is 38.4 Å². The van der Waals surface area contributed by atoms with E-state index < -0.39 is 0 Å². The van der Waals surface area contributed by atoms with Crippen molar-refractivity contribution in [3.8, 4) is 5.75 Å². The van der Waals surface area contributed by atoms with Gasteiger partial charge in [0.05, 0.1) is 0 Å². The van der Waals surface area contributed by atoms with E-state index in [0.29, 0.717) is 0 Å². The molecule has 0 aliphatic rings. The third-order valence-corrected chi connectivity index (χ3v) is 2.57. The number of hydrogen-bond donors (Lipinski definition) is 1. The van der Waals surface area contributed by atoms with Crippen LogP contribution < -0.4 is 10.1 Å². The summed E-state index contributed by atoms with van der Waals surface area (Å²) in [6, 6.07) is 6.30. The van der Waals surface area contributed by atoms with E-state index in [1.54, 1.807) is 0 Å². The third kappa shape index (κ3) is 4.67. The molecule has 1 aromatic rings. The van der Waals surface area contributed by atoms with Gasteiger partial charge < -0.3 is 10.1 Å². The van der Waals surface area contributed by atoms with Gasteiger partial charge in [0, 0.05) is 6.54 Å². The van der Waals surface area contributed by atoms with Crippen molar-refractivity contribution in [3.63, 3.8) is 0 Å². The number of ether oxygens (including phenoxy) is 1. The molecule has 0 amide bonds. The van der Waals surface area contributed by atoms with Crippen LogP contribution in [-0.2, 0) is 0 Å². The molecule has 0 radical (unpaired) electrons. The monoisotopic (exact) mass is 221 g/mol. The van der Waals surface area contributed by atoms with Crippen molar-refractivity contribution in [2.75, 3.05) is 19.7 Å². The molecule has 0 spiro atoms. The summed E-state index contributed by atoms with van der Waals surface area (Å²) < 4.78 is 5.71. The molecule has 16 heavy (non-hydrogen) atoms. The maximum atomic E-state index is 5.71. The third-order valence-electron chi connectivity index (χ3n) is 2.57. The van der Waals surface area contributed by atoms with Gasteiger partial charge in [-0.15, -0.1) is 0 Å². The van der Waals surface area contributed by atoms with E-state index in [9.17, 15) is 0 Å². The first-order chi connectivity index (χ1) is 7.74. The standard InChI is InChI=1S/C14H23NO/c1-4-5-8-15-9-10-16-14-7-6-12(2)11-13(14)3/h6-7,11,15H,4-5,8-10H2,1-3H3. The van der Waals surface area contributed by atoms with Crippen molar-refractivity contribution in [2.45, 2.75) is 33.6 Å². The fraction of sp³-hybridized carbons (Fsp3) is 0.571. The van der Waals surface area contributed by atoms with Gasteiger partial charge in [0.15, 0.2) is 0 Å². The maximum absolute atomic E-state index is 5.71. The molecule has 0 aliphatic carbocycles. The van der Waals surface area contributed by atoms with Crippen LogP contribution in [0.4, 0.5) is 0 Å². The summed E-state index contributed by atoms with van der Waals surface area (Å²) in [5.74, 6) is 1.00. The van der Waals surface area contributed by atoms with Gasteiger partial charge in [-0.25, -0.2) is 0 Å². The molecular weight excluding hydrogens is 198 g/mol. The van der Waals surface area contributed by atoms with Crippen LogP contribution in [0.25, 0.3) is 0 Å². The molecule has 1 aromatic carbocycles. The highest BCUT2D eigenvalue weighted by Crippen LogP contribution is 2.18. The van der Waals surface area contributed by atoms with E-state index in [1.807, 2.05) is 0 Å². The Morgan fingerprint density at radius 2 is 2.00 bits per heavy atom. The minimum atomic E-state index is 0.744. The van der Waals surface area contributed by atoms with E-state index in [0.717, 1.165) is 25.4 Å². The fourth-order valence-electron chi connectivity index (χ4n) is 1.62. The number of unbranched alkanes of at least 4 members (excludes halogenated alkanes) is 1. The second-order valence-electron chi connectivity index (χ2n) is 4.22. The minimum absolute atomic E-state index is 0.744. The first kappa shape index (κ1) is 13.0.